The fourth-order valence-corrected chi connectivity index (χ4v) is 6.41. The maximum Gasteiger partial charge on any atom is 0.263 e. The number of hydrogen-bond donors (Lipinski definition) is 1. The second kappa shape index (κ2) is 8.92. The molecule has 1 aromatic rings. The van der Waals surface area contributed by atoms with Gasteiger partial charge in [-0.25, -0.2) is 0 Å². The van der Waals surface area contributed by atoms with Gasteiger partial charge in [0.25, 0.3) is 5.91 Å². The zero-order valence-corrected chi connectivity index (χ0v) is 20.1. The quantitative estimate of drug-likeness (QED) is 0.564. The number of carbonyl (C=O) groups excluding carboxylic acids is 1. The van der Waals surface area contributed by atoms with Gasteiger partial charge in [-0.15, -0.1) is 0 Å². The van der Waals surface area contributed by atoms with Crippen LogP contribution in [-0.4, -0.2) is 55.3 Å². The summed E-state index contributed by atoms with van der Waals surface area (Å²) in [5.74, 6) is 2.32. The van der Waals surface area contributed by atoms with Crippen LogP contribution in [0, 0.1) is 17.8 Å². The van der Waals surface area contributed by atoms with Crippen LogP contribution < -0.4 is 10.1 Å². The molecule has 5 rings (SSSR count). The summed E-state index contributed by atoms with van der Waals surface area (Å²) in [4.78, 5) is 15.4. The molecule has 1 unspecified atom stereocenters. The number of rotatable bonds is 9. The lowest BCUT2D eigenvalue weighted by Gasteiger charge is -2.59. The average Bonchev–Trinajstić information content (AvgIpc) is 2.67. The number of nitrogens with one attached hydrogen (secondary N) is 1. The fourth-order valence-electron chi connectivity index (χ4n) is 6.23. The van der Waals surface area contributed by atoms with Crippen LogP contribution in [0.4, 0.5) is 0 Å². The van der Waals surface area contributed by atoms with Crippen molar-refractivity contribution in [1.82, 2.24) is 10.2 Å². The Kier molecular flexibility index (Phi) is 6.58. The lowest BCUT2D eigenvalue weighted by atomic mass is 9.52. The summed E-state index contributed by atoms with van der Waals surface area (Å²) < 4.78 is 12.5. The zero-order chi connectivity index (χ0) is 22.2. The summed E-state index contributed by atoms with van der Waals surface area (Å²) in [6, 6.07) is 7.44. The van der Waals surface area contributed by atoms with Crippen LogP contribution in [0.25, 0.3) is 0 Å². The third kappa shape index (κ3) is 5.20. The van der Waals surface area contributed by atoms with Gasteiger partial charge in [0.2, 0.25) is 0 Å². The number of nitrogens with zero attached hydrogens (tertiary/aromatic N) is 1. The van der Waals surface area contributed by atoms with E-state index in [4.69, 9.17) is 21.1 Å². The van der Waals surface area contributed by atoms with E-state index >= 15 is 0 Å². The maximum atomic E-state index is 13.2. The van der Waals surface area contributed by atoms with E-state index in [1.807, 2.05) is 26.0 Å². The number of halogens is 1. The predicted molar refractivity (Wildman–Crippen MR) is 123 cm³/mol. The summed E-state index contributed by atoms with van der Waals surface area (Å²) in [5.41, 5.74) is -0.920. The summed E-state index contributed by atoms with van der Waals surface area (Å²) in [6.07, 6.45) is 6.83. The van der Waals surface area contributed by atoms with Gasteiger partial charge in [-0.3, -0.25) is 4.79 Å². The molecule has 0 aliphatic heterocycles. The smallest absolute Gasteiger partial charge is 0.263 e. The van der Waals surface area contributed by atoms with Crippen LogP contribution in [0.2, 0.25) is 5.02 Å². The lowest BCUT2D eigenvalue weighted by Crippen LogP contribution is -2.64. The molecule has 4 bridgehead atoms. The Hall–Kier alpha value is -1.30. The molecule has 1 amide bonds. The number of carbonyl (C=O) groups is 1. The van der Waals surface area contributed by atoms with E-state index in [0.29, 0.717) is 22.6 Å². The third-order valence-electron chi connectivity index (χ3n) is 7.39. The molecule has 4 fully saturated rings. The minimum Gasteiger partial charge on any atom is -0.478 e. The molecule has 5 atom stereocenters. The molecule has 4 aliphatic carbocycles. The lowest BCUT2D eigenvalue weighted by molar-refractivity contribution is -0.176. The second-order valence-corrected chi connectivity index (χ2v) is 11.2. The normalized spacial score (nSPS) is 31.8. The Morgan fingerprint density at radius 3 is 2.58 bits per heavy atom. The SMILES string of the molecule is CN(C)CCCO[C@@]12CC3C[C@H](C1)[C@H](NC(=O)C(C)(C)Oc1cccc(Cl)c1)[C@@H](C3)C2. The highest BCUT2D eigenvalue weighted by molar-refractivity contribution is 6.30. The van der Waals surface area contributed by atoms with E-state index in [1.165, 1.54) is 19.3 Å². The highest BCUT2D eigenvalue weighted by Crippen LogP contribution is 2.57. The highest BCUT2D eigenvalue weighted by atomic mass is 35.5. The Morgan fingerprint density at radius 2 is 1.94 bits per heavy atom. The molecule has 5 nitrogen and oxygen atoms in total. The Bertz CT molecular complexity index is 781. The molecule has 0 radical (unpaired) electrons. The monoisotopic (exact) mass is 448 g/mol. The van der Waals surface area contributed by atoms with Crippen molar-refractivity contribution in [2.45, 2.75) is 69.6 Å². The molecular formula is C25H37ClN2O3. The Morgan fingerprint density at radius 1 is 1.23 bits per heavy atom. The zero-order valence-electron chi connectivity index (χ0n) is 19.3. The van der Waals surface area contributed by atoms with Crippen molar-refractivity contribution >= 4 is 17.5 Å². The molecule has 0 heterocycles. The third-order valence-corrected chi connectivity index (χ3v) is 7.62. The van der Waals surface area contributed by atoms with Gasteiger partial charge in [-0.05, 0) is 109 Å². The van der Waals surface area contributed by atoms with Crippen molar-refractivity contribution in [3.05, 3.63) is 29.3 Å². The Labute approximate surface area is 191 Å². The number of ether oxygens (including phenoxy) is 2. The first-order chi connectivity index (χ1) is 14.7. The standard InChI is InChI=1S/C25H37ClN2O3/c1-24(2,31-21-8-5-7-20(26)13-21)23(29)27-22-18-11-17-12-19(22)16-25(14-17,15-18)30-10-6-9-28(3)4/h5,7-8,13,17-19,22H,6,9-12,14-16H2,1-4H3,(H,27,29)/t17?,18-,19+,22+,25+. The van der Waals surface area contributed by atoms with Crippen LogP contribution in [-0.2, 0) is 9.53 Å². The topological polar surface area (TPSA) is 50.8 Å². The van der Waals surface area contributed by atoms with Crippen molar-refractivity contribution in [2.75, 3.05) is 27.2 Å². The first-order valence-electron chi connectivity index (χ1n) is 11.7. The van der Waals surface area contributed by atoms with Crippen LogP contribution in [0.5, 0.6) is 5.75 Å². The number of benzene rings is 1. The van der Waals surface area contributed by atoms with Crippen molar-refractivity contribution in [2.24, 2.45) is 17.8 Å². The van der Waals surface area contributed by atoms with Crippen molar-refractivity contribution in [3.63, 3.8) is 0 Å². The summed E-state index contributed by atoms with van der Waals surface area (Å²) >= 11 is 6.07. The van der Waals surface area contributed by atoms with Crippen LogP contribution >= 0.6 is 11.6 Å². The van der Waals surface area contributed by atoms with E-state index < -0.39 is 5.60 Å². The molecule has 1 aromatic carbocycles. The molecule has 4 aliphatic rings. The molecular weight excluding hydrogens is 412 g/mol. The first-order valence-corrected chi connectivity index (χ1v) is 12.1. The van der Waals surface area contributed by atoms with Crippen molar-refractivity contribution in [3.8, 4) is 5.75 Å². The number of hydrogen-bond acceptors (Lipinski definition) is 4. The first kappa shape index (κ1) is 22.9. The molecule has 1 N–H and O–H groups in total. The van der Waals surface area contributed by atoms with Gasteiger partial charge in [-0.2, -0.15) is 0 Å². The minimum atomic E-state index is -0.959. The van der Waals surface area contributed by atoms with Gasteiger partial charge in [0.1, 0.15) is 5.75 Å². The maximum absolute atomic E-state index is 13.2. The van der Waals surface area contributed by atoms with Crippen molar-refractivity contribution in [1.29, 1.82) is 0 Å². The van der Waals surface area contributed by atoms with Crippen LogP contribution in [0.3, 0.4) is 0 Å². The molecule has 0 aromatic heterocycles. The second-order valence-electron chi connectivity index (χ2n) is 10.7. The van der Waals surface area contributed by atoms with Gasteiger partial charge >= 0.3 is 0 Å². The van der Waals surface area contributed by atoms with E-state index in [1.54, 1.807) is 12.1 Å². The van der Waals surface area contributed by atoms with Gasteiger partial charge in [0.15, 0.2) is 5.60 Å². The average molecular weight is 449 g/mol. The molecule has 0 saturated heterocycles. The minimum absolute atomic E-state index is 0.0385. The van der Waals surface area contributed by atoms with Gasteiger partial charge in [0, 0.05) is 17.7 Å². The van der Waals surface area contributed by atoms with Crippen molar-refractivity contribution < 1.29 is 14.3 Å². The van der Waals surface area contributed by atoms with Crippen LogP contribution in [0.1, 0.15) is 52.4 Å². The molecule has 31 heavy (non-hydrogen) atoms. The highest BCUT2D eigenvalue weighted by Gasteiger charge is 2.56. The van der Waals surface area contributed by atoms with Gasteiger partial charge in [0.05, 0.1) is 5.60 Å². The molecule has 172 valence electrons. The summed E-state index contributed by atoms with van der Waals surface area (Å²) in [6.45, 7) is 5.55. The largest absolute Gasteiger partial charge is 0.478 e. The van der Waals surface area contributed by atoms with Gasteiger partial charge in [-0.1, -0.05) is 17.7 Å². The molecule has 0 spiro atoms. The van der Waals surface area contributed by atoms with Gasteiger partial charge < -0.3 is 19.7 Å². The predicted octanol–water partition coefficient (Wildman–Crippen LogP) is 4.53. The van der Waals surface area contributed by atoms with E-state index in [9.17, 15) is 4.79 Å². The number of amides is 1. The fraction of sp³-hybridized carbons (Fsp3) is 0.720. The summed E-state index contributed by atoms with van der Waals surface area (Å²) in [5, 5.41) is 3.98. The van der Waals surface area contributed by atoms with Crippen LogP contribution in [0.15, 0.2) is 24.3 Å². The molecule has 6 heteroatoms. The Balaban J connectivity index is 1.36. The summed E-state index contributed by atoms with van der Waals surface area (Å²) in [7, 11) is 4.21. The molecule has 4 saturated carbocycles. The van der Waals surface area contributed by atoms with E-state index in [-0.39, 0.29) is 17.6 Å². The van der Waals surface area contributed by atoms with E-state index in [2.05, 4.69) is 24.3 Å². The van der Waals surface area contributed by atoms with E-state index in [0.717, 1.165) is 38.3 Å².